The van der Waals surface area contributed by atoms with Crippen LogP contribution in [0.5, 0.6) is 0 Å². The van der Waals surface area contributed by atoms with E-state index in [0.29, 0.717) is 27.8 Å². The highest BCUT2D eigenvalue weighted by atomic mass is 79.9. The smallest absolute Gasteiger partial charge is 0.141 e. The molecule has 2 heterocycles. The van der Waals surface area contributed by atoms with E-state index < -0.39 is 11.2 Å². The minimum atomic E-state index is -1.55. The largest absolute Gasteiger partial charge is 0.376 e. The number of halogens is 1. The number of benzene rings is 8. The SMILES string of the molecule is OC1(c2ccc(-n3c4ccccc4c4ccccc43)cc2)c2ccccc2C(O)(c2ccc(-n3c4ccccc4c4ccccc43)cc2)c2cc(Br)ccc21. The van der Waals surface area contributed by atoms with Crippen molar-refractivity contribution in [2.45, 2.75) is 11.2 Å². The summed E-state index contributed by atoms with van der Waals surface area (Å²) in [4.78, 5) is 0. The van der Waals surface area contributed by atoms with Crippen LogP contribution in [-0.4, -0.2) is 19.3 Å². The monoisotopic (exact) mass is 772 g/mol. The van der Waals surface area contributed by atoms with Crippen LogP contribution in [-0.2, 0) is 11.2 Å². The van der Waals surface area contributed by atoms with Gasteiger partial charge in [0.05, 0.1) is 22.1 Å². The number of hydrogen-bond donors (Lipinski definition) is 2. The van der Waals surface area contributed by atoms with E-state index in [1.54, 1.807) is 0 Å². The summed E-state index contributed by atoms with van der Waals surface area (Å²) in [5.74, 6) is 0. The van der Waals surface area contributed by atoms with Gasteiger partial charge in [0.15, 0.2) is 0 Å². The molecule has 0 spiro atoms. The molecule has 0 aliphatic heterocycles. The van der Waals surface area contributed by atoms with Crippen LogP contribution < -0.4 is 0 Å². The van der Waals surface area contributed by atoms with Gasteiger partial charge in [-0.3, -0.25) is 0 Å². The number of fused-ring (bicyclic) bond motifs is 8. The fraction of sp³-hybridized carbons (Fsp3) is 0.0400. The first-order valence-corrected chi connectivity index (χ1v) is 19.3. The molecule has 2 atom stereocenters. The summed E-state index contributed by atoms with van der Waals surface area (Å²) in [5, 5.41) is 31.3. The summed E-state index contributed by atoms with van der Waals surface area (Å²) in [6.07, 6.45) is 0. The number of para-hydroxylation sites is 4. The standard InChI is InChI=1S/C50H33BrN2O2/c51-34-25-30-43-44(31-34)50(55,33-23-28-36(29-24-33)53-47-19-9-3-13-39(47)40-14-4-10-20-48(40)53)42-16-6-5-15-41(42)49(43,54)32-21-26-35(27-22-32)52-45-17-7-1-11-37(45)38-12-2-8-18-46(38)52/h1-31,54-55H. The minimum absolute atomic E-state index is 0.624. The summed E-state index contributed by atoms with van der Waals surface area (Å²) in [6, 6.07) is 63.9. The Bertz CT molecular complexity index is 3040. The lowest BCUT2D eigenvalue weighted by Crippen LogP contribution is -2.44. The highest BCUT2D eigenvalue weighted by Crippen LogP contribution is 2.54. The molecular formula is C50H33BrN2O2. The van der Waals surface area contributed by atoms with Gasteiger partial charge < -0.3 is 19.3 Å². The minimum Gasteiger partial charge on any atom is -0.376 e. The molecule has 0 fully saturated rings. The van der Waals surface area contributed by atoms with Crippen molar-refractivity contribution < 1.29 is 10.2 Å². The second-order valence-corrected chi connectivity index (χ2v) is 15.4. The van der Waals surface area contributed by atoms with Gasteiger partial charge in [0, 0.05) is 43.0 Å². The van der Waals surface area contributed by atoms with E-state index in [2.05, 4.69) is 146 Å². The summed E-state index contributed by atoms with van der Waals surface area (Å²) in [7, 11) is 0. The van der Waals surface area contributed by atoms with E-state index in [-0.39, 0.29) is 0 Å². The van der Waals surface area contributed by atoms with Crippen molar-refractivity contribution in [3.8, 4) is 11.4 Å². The fourth-order valence-corrected chi connectivity index (χ4v) is 9.62. The van der Waals surface area contributed by atoms with Gasteiger partial charge in [-0.2, -0.15) is 0 Å². The third-order valence-electron chi connectivity index (χ3n) is 11.7. The molecule has 0 saturated carbocycles. The predicted molar refractivity (Wildman–Crippen MR) is 226 cm³/mol. The molecule has 55 heavy (non-hydrogen) atoms. The Labute approximate surface area is 325 Å². The van der Waals surface area contributed by atoms with Crippen LogP contribution in [0, 0.1) is 0 Å². The van der Waals surface area contributed by atoms with Crippen LogP contribution in [0.15, 0.2) is 193 Å². The Morgan fingerprint density at radius 1 is 0.345 bits per heavy atom. The average Bonchev–Trinajstić information content (AvgIpc) is 3.76. The second-order valence-electron chi connectivity index (χ2n) is 14.5. The quantitative estimate of drug-likeness (QED) is 0.187. The number of aromatic nitrogens is 2. The summed E-state index contributed by atoms with van der Waals surface area (Å²) < 4.78 is 5.37. The molecule has 0 radical (unpaired) electrons. The molecule has 1 aliphatic carbocycles. The van der Waals surface area contributed by atoms with Gasteiger partial charge >= 0.3 is 0 Å². The first-order chi connectivity index (χ1) is 27.0. The maximum absolute atomic E-state index is 13.2. The first kappa shape index (κ1) is 32.2. The van der Waals surface area contributed by atoms with Crippen molar-refractivity contribution >= 4 is 59.5 Å². The number of rotatable bonds is 4. The molecular weight excluding hydrogens is 740 g/mol. The zero-order chi connectivity index (χ0) is 36.9. The Kier molecular flexibility index (Phi) is 6.96. The number of nitrogens with zero attached hydrogens (tertiary/aromatic N) is 2. The van der Waals surface area contributed by atoms with Crippen molar-refractivity contribution in [1.29, 1.82) is 0 Å². The normalized spacial score (nSPS) is 17.9. The number of aliphatic hydroxyl groups is 2. The lowest BCUT2D eigenvalue weighted by molar-refractivity contribution is 0.0747. The summed E-state index contributed by atoms with van der Waals surface area (Å²) >= 11 is 3.70. The Morgan fingerprint density at radius 3 is 1.07 bits per heavy atom. The van der Waals surface area contributed by atoms with Crippen molar-refractivity contribution in [2.24, 2.45) is 0 Å². The van der Waals surface area contributed by atoms with Crippen LogP contribution in [0.2, 0.25) is 0 Å². The van der Waals surface area contributed by atoms with E-state index in [0.717, 1.165) is 43.5 Å². The highest BCUT2D eigenvalue weighted by molar-refractivity contribution is 9.10. The van der Waals surface area contributed by atoms with Gasteiger partial charge in [-0.15, -0.1) is 0 Å². The highest BCUT2D eigenvalue weighted by Gasteiger charge is 2.51. The molecule has 5 heteroatoms. The van der Waals surface area contributed by atoms with Crippen LogP contribution in [0.25, 0.3) is 55.0 Å². The molecule has 2 N–H and O–H groups in total. The molecule has 8 aromatic carbocycles. The molecule has 262 valence electrons. The van der Waals surface area contributed by atoms with Crippen LogP contribution in [0.3, 0.4) is 0 Å². The average molecular weight is 774 g/mol. The van der Waals surface area contributed by atoms with E-state index in [1.165, 1.54) is 21.5 Å². The van der Waals surface area contributed by atoms with Crippen molar-refractivity contribution in [1.82, 2.24) is 9.13 Å². The third kappa shape index (κ3) is 4.46. The van der Waals surface area contributed by atoms with Gasteiger partial charge in [0.25, 0.3) is 0 Å². The van der Waals surface area contributed by atoms with E-state index in [9.17, 15) is 10.2 Å². The lowest BCUT2D eigenvalue weighted by atomic mass is 9.63. The predicted octanol–water partition coefficient (Wildman–Crippen LogP) is 11.5. The molecule has 0 saturated heterocycles. The van der Waals surface area contributed by atoms with E-state index in [1.807, 2.05) is 66.7 Å². The summed E-state index contributed by atoms with van der Waals surface area (Å²) in [6.45, 7) is 0. The van der Waals surface area contributed by atoms with Crippen LogP contribution >= 0.6 is 15.9 Å². The van der Waals surface area contributed by atoms with Crippen molar-refractivity contribution in [3.05, 3.63) is 226 Å². The van der Waals surface area contributed by atoms with E-state index in [4.69, 9.17) is 0 Å². The fourth-order valence-electron chi connectivity index (χ4n) is 9.26. The molecule has 0 bridgehead atoms. The molecule has 2 unspecified atom stereocenters. The van der Waals surface area contributed by atoms with Gasteiger partial charge in [0.2, 0.25) is 0 Å². The van der Waals surface area contributed by atoms with Crippen LogP contribution in [0.4, 0.5) is 0 Å². The Morgan fingerprint density at radius 2 is 0.673 bits per heavy atom. The molecule has 2 aromatic heterocycles. The maximum Gasteiger partial charge on any atom is 0.141 e. The molecule has 0 amide bonds. The maximum atomic E-state index is 13.2. The summed E-state index contributed by atoms with van der Waals surface area (Å²) in [5.41, 5.74) is 7.39. The first-order valence-electron chi connectivity index (χ1n) is 18.5. The van der Waals surface area contributed by atoms with Gasteiger partial charge in [-0.25, -0.2) is 0 Å². The molecule has 1 aliphatic rings. The lowest BCUT2D eigenvalue weighted by Gasteiger charge is -2.45. The van der Waals surface area contributed by atoms with Crippen LogP contribution in [0.1, 0.15) is 33.4 Å². The van der Waals surface area contributed by atoms with Crippen molar-refractivity contribution in [3.63, 3.8) is 0 Å². The molecule has 4 nitrogen and oxygen atoms in total. The van der Waals surface area contributed by atoms with Gasteiger partial charge in [-0.05, 0) is 88.5 Å². The van der Waals surface area contributed by atoms with Gasteiger partial charge in [-0.1, -0.05) is 143 Å². The molecule has 11 rings (SSSR count). The second kappa shape index (κ2) is 11.9. The van der Waals surface area contributed by atoms with Crippen molar-refractivity contribution in [2.75, 3.05) is 0 Å². The zero-order valence-corrected chi connectivity index (χ0v) is 31.2. The Hall–Kier alpha value is -6.24. The van der Waals surface area contributed by atoms with E-state index >= 15 is 0 Å². The van der Waals surface area contributed by atoms with Gasteiger partial charge in [0.1, 0.15) is 11.2 Å². The zero-order valence-electron chi connectivity index (χ0n) is 29.6. The molecule has 10 aromatic rings. The topological polar surface area (TPSA) is 50.3 Å². The third-order valence-corrected chi connectivity index (χ3v) is 12.2. The Balaban J connectivity index is 1.06. The number of hydrogen-bond acceptors (Lipinski definition) is 2.